The Bertz CT molecular complexity index is 737. The maximum Gasteiger partial charge on any atom is 0.134 e. The molecule has 0 saturated heterocycles. The number of hydrogen-bond acceptors (Lipinski definition) is 2. The lowest BCUT2D eigenvalue weighted by molar-refractivity contribution is 0.419. The van der Waals surface area contributed by atoms with Crippen LogP contribution in [0, 0.1) is 0 Å². The molecule has 4 rings (SSSR count). The van der Waals surface area contributed by atoms with E-state index in [1.807, 2.05) is 18.2 Å². The third-order valence-electron chi connectivity index (χ3n) is 4.60. The van der Waals surface area contributed by atoms with E-state index in [0.717, 1.165) is 28.2 Å². The predicted octanol–water partition coefficient (Wildman–Crippen LogP) is 4.75. The first-order valence-corrected chi connectivity index (χ1v) is 7.65. The number of benzene rings is 2. The molecule has 106 valence electrons. The van der Waals surface area contributed by atoms with Crippen molar-refractivity contribution in [1.29, 1.82) is 0 Å². The summed E-state index contributed by atoms with van der Waals surface area (Å²) in [6, 6.07) is 18.6. The van der Waals surface area contributed by atoms with E-state index >= 15 is 0 Å². The van der Waals surface area contributed by atoms with Gasteiger partial charge < -0.3 is 10.2 Å². The minimum Gasteiger partial charge on any atom is -0.459 e. The van der Waals surface area contributed by atoms with Crippen LogP contribution >= 0.6 is 0 Å². The average Bonchev–Trinajstić information content (AvgIpc) is 2.89. The second-order valence-electron chi connectivity index (χ2n) is 5.96. The van der Waals surface area contributed by atoms with Crippen molar-refractivity contribution in [3.8, 4) is 0 Å². The summed E-state index contributed by atoms with van der Waals surface area (Å²) in [5.41, 5.74) is 9.87. The second kappa shape index (κ2) is 5.05. The van der Waals surface area contributed by atoms with Gasteiger partial charge in [0.2, 0.25) is 0 Å². The third-order valence-corrected chi connectivity index (χ3v) is 4.60. The molecule has 2 nitrogen and oxygen atoms in total. The summed E-state index contributed by atoms with van der Waals surface area (Å²) in [7, 11) is 0. The molecule has 0 spiro atoms. The van der Waals surface area contributed by atoms with Crippen LogP contribution in [-0.4, -0.2) is 0 Å². The number of para-hydroxylation sites is 1. The summed E-state index contributed by atoms with van der Waals surface area (Å²) < 4.78 is 5.90. The lowest BCUT2D eigenvalue weighted by atomic mass is 9.79. The van der Waals surface area contributed by atoms with Crippen LogP contribution in [0.25, 0.3) is 11.0 Å². The molecule has 1 aromatic heterocycles. The molecule has 1 saturated carbocycles. The van der Waals surface area contributed by atoms with Gasteiger partial charge in [0.15, 0.2) is 0 Å². The van der Waals surface area contributed by atoms with Crippen LogP contribution in [0.1, 0.15) is 48.1 Å². The number of nitrogens with two attached hydrogens (primary N) is 1. The van der Waals surface area contributed by atoms with E-state index in [1.54, 1.807) is 0 Å². The van der Waals surface area contributed by atoms with Crippen molar-refractivity contribution in [2.75, 3.05) is 0 Å². The van der Waals surface area contributed by atoms with E-state index in [9.17, 15) is 0 Å². The Kier molecular flexibility index (Phi) is 3.04. The molecule has 1 fully saturated rings. The Hall–Kier alpha value is -2.06. The fourth-order valence-corrected chi connectivity index (χ4v) is 3.07. The van der Waals surface area contributed by atoms with Gasteiger partial charge in [0.1, 0.15) is 11.3 Å². The molecule has 3 aromatic rings. The van der Waals surface area contributed by atoms with E-state index < -0.39 is 0 Å². The molecule has 1 aliphatic rings. The molecule has 21 heavy (non-hydrogen) atoms. The summed E-state index contributed by atoms with van der Waals surface area (Å²) in [6.07, 6.45) is 3.97. The fourth-order valence-electron chi connectivity index (χ4n) is 3.07. The predicted molar refractivity (Wildman–Crippen MR) is 85.3 cm³/mol. The first-order chi connectivity index (χ1) is 10.3. The molecule has 1 heterocycles. The largest absolute Gasteiger partial charge is 0.459 e. The molecule has 1 unspecified atom stereocenters. The van der Waals surface area contributed by atoms with Crippen LogP contribution in [0.2, 0.25) is 0 Å². The zero-order valence-corrected chi connectivity index (χ0v) is 12.0. The Balaban J connectivity index is 1.68. The molecule has 0 amide bonds. The van der Waals surface area contributed by atoms with Crippen molar-refractivity contribution in [2.45, 2.75) is 31.2 Å². The van der Waals surface area contributed by atoms with Crippen molar-refractivity contribution in [3.05, 3.63) is 71.5 Å². The molecular weight excluding hydrogens is 258 g/mol. The first-order valence-electron chi connectivity index (χ1n) is 7.65. The van der Waals surface area contributed by atoms with Gasteiger partial charge in [-0.1, -0.05) is 48.9 Å². The SMILES string of the molecule is NC(c1cccc(C2CCC2)c1)c1cc2ccccc2o1. The molecule has 2 N–H and O–H groups in total. The van der Waals surface area contributed by atoms with E-state index in [1.165, 1.54) is 24.8 Å². The van der Waals surface area contributed by atoms with Crippen LogP contribution in [0.15, 0.2) is 59.0 Å². The average molecular weight is 277 g/mol. The maximum atomic E-state index is 6.41. The summed E-state index contributed by atoms with van der Waals surface area (Å²) in [5.74, 6) is 1.56. The molecule has 2 aromatic carbocycles. The molecule has 1 atom stereocenters. The highest BCUT2D eigenvalue weighted by Gasteiger charge is 2.21. The zero-order valence-electron chi connectivity index (χ0n) is 12.0. The lowest BCUT2D eigenvalue weighted by Crippen LogP contribution is -2.13. The molecule has 0 bridgehead atoms. The van der Waals surface area contributed by atoms with Crippen LogP contribution in [-0.2, 0) is 0 Å². The van der Waals surface area contributed by atoms with Crippen LogP contribution in [0.5, 0.6) is 0 Å². The minimum atomic E-state index is -0.197. The molecule has 2 heteroatoms. The Labute approximate surface area is 124 Å². The normalized spacial score (nSPS) is 16.8. The summed E-state index contributed by atoms with van der Waals surface area (Å²) in [5, 5.41) is 1.11. The summed E-state index contributed by atoms with van der Waals surface area (Å²) in [4.78, 5) is 0. The van der Waals surface area contributed by atoms with Gasteiger partial charge in [-0.3, -0.25) is 0 Å². The van der Waals surface area contributed by atoms with E-state index in [0.29, 0.717) is 0 Å². The molecular formula is C19H19NO. The summed E-state index contributed by atoms with van der Waals surface area (Å²) >= 11 is 0. The van der Waals surface area contributed by atoms with Gasteiger partial charge in [-0.25, -0.2) is 0 Å². The Morgan fingerprint density at radius 1 is 1.00 bits per heavy atom. The van der Waals surface area contributed by atoms with Crippen molar-refractivity contribution in [1.82, 2.24) is 0 Å². The van der Waals surface area contributed by atoms with Crippen LogP contribution in [0.4, 0.5) is 0 Å². The summed E-state index contributed by atoms with van der Waals surface area (Å²) in [6.45, 7) is 0. The maximum absolute atomic E-state index is 6.41. The number of rotatable bonds is 3. The Morgan fingerprint density at radius 3 is 2.62 bits per heavy atom. The van der Waals surface area contributed by atoms with Crippen molar-refractivity contribution >= 4 is 11.0 Å². The van der Waals surface area contributed by atoms with Gasteiger partial charge >= 0.3 is 0 Å². The lowest BCUT2D eigenvalue weighted by Gasteiger charge is -2.26. The van der Waals surface area contributed by atoms with Crippen LogP contribution < -0.4 is 5.73 Å². The highest BCUT2D eigenvalue weighted by molar-refractivity contribution is 5.77. The Morgan fingerprint density at radius 2 is 1.86 bits per heavy atom. The van der Waals surface area contributed by atoms with Gasteiger partial charge in [-0.2, -0.15) is 0 Å². The monoisotopic (exact) mass is 277 g/mol. The van der Waals surface area contributed by atoms with Crippen molar-refractivity contribution in [3.63, 3.8) is 0 Å². The van der Waals surface area contributed by atoms with Gasteiger partial charge in [0, 0.05) is 5.39 Å². The number of hydrogen-bond donors (Lipinski definition) is 1. The third kappa shape index (κ3) is 2.26. The number of fused-ring (bicyclic) bond motifs is 1. The number of furan rings is 1. The smallest absolute Gasteiger partial charge is 0.134 e. The van der Waals surface area contributed by atoms with Gasteiger partial charge in [0.25, 0.3) is 0 Å². The van der Waals surface area contributed by atoms with E-state index in [2.05, 4.69) is 36.4 Å². The standard InChI is InChI=1S/C19H19NO/c20-19(18-12-15-5-1-2-10-17(15)21-18)16-9-4-8-14(11-16)13-6-3-7-13/h1-2,4-5,8-13,19H,3,6-7,20H2. The zero-order chi connectivity index (χ0) is 14.2. The molecule has 0 radical (unpaired) electrons. The van der Waals surface area contributed by atoms with Crippen molar-refractivity contribution in [2.24, 2.45) is 5.73 Å². The minimum absolute atomic E-state index is 0.197. The molecule has 1 aliphatic carbocycles. The quantitative estimate of drug-likeness (QED) is 0.750. The first kappa shape index (κ1) is 12.7. The highest BCUT2D eigenvalue weighted by Crippen LogP contribution is 2.37. The molecule has 0 aliphatic heterocycles. The fraction of sp³-hybridized carbons (Fsp3) is 0.263. The van der Waals surface area contributed by atoms with Gasteiger partial charge in [-0.05, 0) is 42.0 Å². The second-order valence-corrected chi connectivity index (χ2v) is 5.96. The van der Waals surface area contributed by atoms with Gasteiger partial charge in [0.05, 0.1) is 6.04 Å². The van der Waals surface area contributed by atoms with Crippen LogP contribution in [0.3, 0.4) is 0 Å². The highest BCUT2D eigenvalue weighted by atomic mass is 16.3. The topological polar surface area (TPSA) is 39.2 Å². The van der Waals surface area contributed by atoms with Crippen molar-refractivity contribution < 1.29 is 4.42 Å². The van der Waals surface area contributed by atoms with Gasteiger partial charge in [-0.15, -0.1) is 0 Å². The van der Waals surface area contributed by atoms with E-state index in [4.69, 9.17) is 10.2 Å². The van der Waals surface area contributed by atoms with E-state index in [-0.39, 0.29) is 6.04 Å².